The van der Waals surface area contributed by atoms with Gasteiger partial charge in [0.05, 0.1) is 0 Å². The Hall–Kier alpha value is -1.06. The van der Waals surface area contributed by atoms with Gasteiger partial charge in [-0.1, -0.05) is 43.1 Å². The molecule has 0 saturated heterocycles. The lowest BCUT2D eigenvalue weighted by atomic mass is 9.96. The van der Waals surface area contributed by atoms with Crippen LogP contribution in [-0.4, -0.2) is 12.5 Å². The van der Waals surface area contributed by atoms with Crippen LogP contribution in [0.15, 0.2) is 24.3 Å². The zero-order valence-electron chi connectivity index (χ0n) is 11.5. The molecule has 3 N–H and O–H groups in total. The van der Waals surface area contributed by atoms with Gasteiger partial charge in [-0.2, -0.15) is 0 Å². The molecule has 1 atom stereocenters. The highest BCUT2D eigenvalue weighted by Gasteiger charge is 2.09. The Morgan fingerprint density at radius 3 is 2.74 bits per heavy atom. The number of rotatable bonds is 8. The van der Waals surface area contributed by atoms with Crippen molar-refractivity contribution in [3.63, 3.8) is 0 Å². The van der Waals surface area contributed by atoms with E-state index in [4.69, 9.17) is 17.3 Å². The average molecular weight is 283 g/mol. The first-order valence-electron chi connectivity index (χ1n) is 6.87. The van der Waals surface area contributed by atoms with Crippen LogP contribution in [0.5, 0.6) is 0 Å². The predicted molar refractivity (Wildman–Crippen MR) is 80.0 cm³/mol. The molecule has 0 aliphatic heterocycles. The minimum atomic E-state index is 0.0791. The molecule has 3 nitrogen and oxygen atoms in total. The molecule has 1 unspecified atom stereocenters. The molecule has 1 amide bonds. The van der Waals surface area contributed by atoms with Crippen LogP contribution in [0.2, 0.25) is 5.02 Å². The van der Waals surface area contributed by atoms with Crippen LogP contribution < -0.4 is 11.1 Å². The predicted octanol–water partition coefficient (Wildman–Crippen LogP) is 3.11. The maximum atomic E-state index is 11.8. The van der Waals surface area contributed by atoms with E-state index in [9.17, 15) is 4.79 Å². The summed E-state index contributed by atoms with van der Waals surface area (Å²) in [6.07, 6.45) is 3.54. The van der Waals surface area contributed by atoms with Gasteiger partial charge in [-0.05, 0) is 36.9 Å². The van der Waals surface area contributed by atoms with Crippen LogP contribution in [0.3, 0.4) is 0 Å². The summed E-state index contributed by atoms with van der Waals surface area (Å²) in [5, 5.41) is 3.60. The van der Waals surface area contributed by atoms with Crippen LogP contribution >= 0.6 is 11.6 Å². The van der Waals surface area contributed by atoms with Crippen molar-refractivity contribution in [3.05, 3.63) is 34.9 Å². The van der Waals surface area contributed by atoms with Crippen molar-refractivity contribution in [1.82, 2.24) is 5.32 Å². The maximum Gasteiger partial charge on any atom is 0.220 e. The Morgan fingerprint density at radius 1 is 1.37 bits per heavy atom. The molecule has 0 heterocycles. The number of benzene rings is 1. The van der Waals surface area contributed by atoms with E-state index in [1.807, 2.05) is 24.3 Å². The zero-order chi connectivity index (χ0) is 14.1. The van der Waals surface area contributed by atoms with Gasteiger partial charge in [0.25, 0.3) is 0 Å². The molecule has 0 aliphatic carbocycles. The van der Waals surface area contributed by atoms with Gasteiger partial charge in [0.2, 0.25) is 5.91 Å². The third-order valence-electron chi connectivity index (χ3n) is 3.37. The van der Waals surface area contributed by atoms with Crippen LogP contribution in [0.1, 0.15) is 38.2 Å². The van der Waals surface area contributed by atoms with Crippen molar-refractivity contribution in [2.24, 2.45) is 11.7 Å². The molecule has 0 fully saturated rings. The molecular formula is C15H23ClN2O. The third kappa shape index (κ3) is 6.08. The summed E-state index contributed by atoms with van der Waals surface area (Å²) >= 11 is 6.03. The highest BCUT2D eigenvalue weighted by atomic mass is 35.5. The van der Waals surface area contributed by atoms with Gasteiger partial charge < -0.3 is 11.1 Å². The smallest absolute Gasteiger partial charge is 0.220 e. The van der Waals surface area contributed by atoms with Crippen molar-refractivity contribution < 1.29 is 4.79 Å². The molecule has 4 heteroatoms. The average Bonchev–Trinajstić information content (AvgIpc) is 2.42. The van der Waals surface area contributed by atoms with Gasteiger partial charge in [-0.25, -0.2) is 0 Å². The summed E-state index contributed by atoms with van der Waals surface area (Å²) in [7, 11) is 0. The molecule has 1 aromatic carbocycles. The molecule has 1 aromatic rings. The fourth-order valence-electron chi connectivity index (χ4n) is 2.05. The second-order valence-electron chi connectivity index (χ2n) is 4.76. The summed E-state index contributed by atoms with van der Waals surface area (Å²) in [6.45, 7) is 3.33. The van der Waals surface area contributed by atoms with Gasteiger partial charge in [0.15, 0.2) is 0 Å². The standard InChI is InChI=1S/C15H23ClN2O/c1-2-12(9-10-17)7-8-15(19)18-11-13-5-3-4-6-14(13)16/h3-6,12H,2,7-11,17H2,1H3,(H,18,19). The maximum absolute atomic E-state index is 11.8. The molecular weight excluding hydrogens is 260 g/mol. The Morgan fingerprint density at radius 2 is 2.11 bits per heavy atom. The number of hydrogen-bond donors (Lipinski definition) is 2. The zero-order valence-corrected chi connectivity index (χ0v) is 12.2. The van der Waals surface area contributed by atoms with E-state index in [0.717, 1.165) is 24.8 Å². The van der Waals surface area contributed by atoms with Crippen molar-refractivity contribution >= 4 is 17.5 Å². The monoisotopic (exact) mass is 282 g/mol. The summed E-state index contributed by atoms with van der Waals surface area (Å²) < 4.78 is 0. The van der Waals surface area contributed by atoms with Gasteiger partial charge in [-0.15, -0.1) is 0 Å². The number of nitrogens with two attached hydrogens (primary N) is 1. The fourth-order valence-corrected chi connectivity index (χ4v) is 2.25. The second-order valence-corrected chi connectivity index (χ2v) is 5.17. The summed E-state index contributed by atoms with van der Waals surface area (Å²) in [6, 6.07) is 7.55. The van der Waals surface area contributed by atoms with E-state index in [0.29, 0.717) is 30.5 Å². The van der Waals surface area contributed by atoms with Gasteiger partial charge in [0, 0.05) is 18.0 Å². The Kier molecular flexibility index (Phi) is 7.53. The number of hydrogen-bond acceptors (Lipinski definition) is 2. The number of halogens is 1. The first-order valence-corrected chi connectivity index (χ1v) is 7.25. The first kappa shape index (κ1) is 16.0. The molecule has 1 rings (SSSR count). The van der Waals surface area contributed by atoms with Crippen LogP contribution in [0.4, 0.5) is 0 Å². The quantitative estimate of drug-likeness (QED) is 0.770. The third-order valence-corrected chi connectivity index (χ3v) is 3.73. The van der Waals surface area contributed by atoms with E-state index in [1.54, 1.807) is 0 Å². The number of carbonyl (C=O) groups is 1. The first-order chi connectivity index (χ1) is 9.17. The molecule has 19 heavy (non-hydrogen) atoms. The van der Waals surface area contributed by atoms with Crippen LogP contribution in [0, 0.1) is 5.92 Å². The lowest BCUT2D eigenvalue weighted by molar-refractivity contribution is -0.121. The molecule has 106 valence electrons. The topological polar surface area (TPSA) is 55.1 Å². The van der Waals surface area contributed by atoms with Crippen LogP contribution in [0.25, 0.3) is 0 Å². The molecule has 0 radical (unpaired) electrons. The number of amides is 1. The Balaban J connectivity index is 2.30. The lowest BCUT2D eigenvalue weighted by Crippen LogP contribution is -2.23. The summed E-state index contributed by atoms with van der Waals surface area (Å²) in [5.41, 5.74) is 6.50. The van der Waals surface area contributed by atoms with E-state index in [1.165, 1.54) is 0 Å². The molecule has 0 aromatic heterocycles. The van der Waals surface area contributed by atoms with E-state index < -0.39 is 0 Å². The molecule has 0 bridgehead atoms. The normalized spacial score (nSPS) is 12.2. The van der Waals surface area contributed by atoms with Crippen molar-refractivity contribution in [3.8, 4) is 0 Å². The van der Waals surface area contributed by atoms with Crippen LogP contribution in [-0.2, 0) is 11.3 Å². The Labute approximate surface area is 120 Å². The molecule has 0 saturated carbocycles. The number of carbonyl (C=O) groups excluding carboxylic acids is 1. The number of nitrogens with one attached hydrogen (secondary N) is 1. The van der Waals surface area contributed by atoms with Crippen molar-refractivity contribution in [1.29, 1.82) is 0 Å². The highest BCUT2D eigenvalue weighted by Crippen LogP contribution is 2.16. The molecule has 0 aliphatic rings. The fraction of sp³-hybridized carbons (Fsp3) is 0.533. The van der Waals surface area contributed by atoms with E-state index in [2.05, 4.69) is 12.2 Å². The highest BCUT2D eigenvalue weighted by molar-refractivity contribution is 6.31. The summed E-state index contributed by atoms with van der Waals surface area (Å²) in [5.74, 6) is 0.631. The van der Waals surface area contributed by atoms with Crippen molar-refractivity contribution in [2.75, 3.05) is 6.54 Å². The SMILES string of the molecule is CCC(CCN)CCC(=O)NCc1ccccc1Cl. The van der Waals surface area contributed by atoms with Gasteiger partial charge >= 0.3 is 0 Å². The minimum absolute atomic E-state index is 0.0791. The largest absolute Gasteiger partial charge is 0.352 e. The minimum Gasteiger partial charge on any atom is -0.352 e. The van der Waals surface area contributed by atoms with E-state index >= 15 is 0 Å². The lowest BCUT2D eigenvalue weighted by Gasteiger charge is -2.13. The Bertz CT molecular complexity index is 395. The molecule has 0 spiro atoms. The van der Waals surface area contributed by atoms with Gasteiger partial charge in [0.1, 0.15) is 0 Å². The van der Waals surface area contributed by atoms with Gasteiger partial charge in [-0.3, -0.25) is 4.79 Å². The van der Waals surface area contributed by atoms with Crippen molar-refractivity contribution in [2.45, 2.75) is 39.2 Å². The summed E-state index contributed by atoms with van der Waals surface area (Å²) in [4.78, 5) is 11.8. The van der Waals surface area contributed by atoms with E-state index in [-0.39, 0.29) is 5.91 Å². The second kappa shape index (κ2) is 8.94.